The van der Waals surface area contributed by atoms with Gasteiger partial charge in [0.2, 0.25) is 0 Å². The number of carbonyl (C=O) groups excluding carboxylic acids is 1. The average Bonchev–Trinajstić information content (AvgIpc) is 2.76. The minimum Gasteiger partial charge on any atom is -0.456 e. The number of hydrogen-bond donors (Lipinski definition) is 1. The van der Waals surface area contributed by atoms with E-state index < -0.39 is 24.4 Å². The first-order chi connectivity index (χ1) is 9.20. The number of rotatable bonds is 2. The number of methoxy groups -OCH3 is 1. The quantitative estimate of drug-likeness (QED) is 0.801. The third-order valence-electron chi connectivity index (χ3n) is 3.71. The van der Waals surface area contributed by atoms with E-state index in [-0.39, 0.29) is 18.5 Å². The highest BCUT2D eigenvalue weighted by atomic mass is 16.6. The molecule has 0 aliphatic carbocycles. The molecule has 3 rings (SSSR count). The van der Waals surface area contributed by atoms with E-state index in [2.05, 4.69) is 0 Å². The summed E-state index contributed by atoms with van der Waals surface area (Å²) in [6.45, 7) is 0. The lowest BCUT2D eigenvalue weighted by Crippen LogP contribution is -2.48. The normalized spacial score (nSPS) is 37.8. The van der Waals surface area contributed by atoms with E-state index >= 15 is 0 Å². The Labute approximate surface area is 111 Å². The standard InChI is InChI=1S/C14H16O5/c1-17-9-7-10(15)18-14-11(16)12(19-13(9)14)8-5-3-2-4-6-8/h2-6,9,11-14,16H,7H2,1H3/t9-,11-,12-,13+,14+/m1/s1. The van der Waals surface area contributed by atoms with Gasteiger partial charge in [0.15, 0.2) is 6.10 Å². The van der Waals surface area contributed by atoms with Crippen molar-refractivity contribution in [3.05, 3.63) is 35.9 Å². The Morgan fingerprint density at radius 3 is 2.68 bits per heavy atom. The number of fused-ring (bicyclic) bond motifs is 1. The van der Waals surface area contributed by atoms with Crippen LogP contribution in [0.2, 0.25) is 0 Å². The van der Waals surface area contributed by atoms with E-state index in [9.17, 15) is 9.90 Å². The van der Waals surface area contributed by atoms with Gasteiger partial charge in [-0.1, -0.05) is 30.3 Å². The molecule has 1 N–H and O–H groups in total. The molecule has 0 radical (unpaired) electrons. The maximum absolute atomic E-state index is 11.5. The largest absolute Gasteiger partial charge is 0.456 e. The van der Waals surface area contributed by atoms with Crippen molar-refractivity contribution in [2.75, 3.05) is 7.11 Å². The zero-order valence-corrected chi connectivity index (χ0v) is 10.6. The van der Waals surface area contributed by atoms with Crippen molar-refractivity contribution in [2.24, 2.45) is 0 Å². The van der Waals surface area contributed by atoms with Crippen molar-refractivity contribution >= 4 is 5.97 Å². The topological polar surface area (TPSA) is 65.0 Å². The second-order valence-corrected chi connectivity index (χ2v) is 4.86. The zero-order valence-electron chi connectivity index (χ0n) is 10.6. The highest BCUT2D eigenvalue weighted by Gasteiger charge is 2.53. The van der Waals surface area contributed by atoms with Crippen LogP contribution in [0.25, 0.3) is 0 Å². The van der Waals surface area contributed by atoms with Gasteiger partial charge in [-0.05, 0) is 5.56 Å². The number of ether oxygens (including phenoxy) is 3. The zero-order chi connectivity index (χ0) is 13.4. The third-order valence-corrected chi connectivity index (χ3v) is 3.71. The molecule has 2 fully saturated rings. The van der Waals surface area contributed by atoms with Gasteiger partial charge in [-0.3, -0.25) is 4.79 Å². The summed E-state index contributed by atoms with van der Waals surface area (Å²) in [6.07, 6.45) is -2.63. The fourth-order valence-electron chi connectivity index (χ4n) is 2.75. The summed E-state index contributed by atoms with van der Waals surface area (Å²) in [4.78, 5) is 11.5. The maximum atomic E-state index is 11.5. The Morgan fingerprint density at radius 2 is 2.00 bits per heavy atom. The molecule has 0 saturated carbocycles. The molecule has 5 nitrogen and oxygen atoms in total. The molecule has 19 heavy (non-hydrogen) atoms. The molecule has 1 aromatic rings. The molecule has 0 spiro atoms. The van der Waals surface area contributed by atoms with Crippen molar-refractivity contribution in [3.63, 3.8) is 0 Å². The number of aliphatic hydroxyl groups excluding tert-OH is 1. The summed E-state index contributed by atoms with van der Waals surface area (Å²) in [5, 5.41) is 10.3. The van der Waals surface area contributed by atoms with Crippen LogP contribution in [0, 0.1) is 0 Å². The maximum Gasteiger partial charge on any atom is 0.308 e. The first-order valence-corrected chi connectivity index (χ1v) is 6.31. The molecular formula is C14H16O5. The minimum atomic E-state index is -0.866. The molecule has 102 valence electrons. The van der Waals surface area contributed by atoms with E-state index in [4.69, 9.17) is 14.2 Å². The summed E-state index contributed by atoms with van der Waals surface area (Å²) in [7, 11) is 1.53. The van der Waals surface area contributed by atoms with Gasteiger partial charge in [-0.2, -0.15) is 0 Å². The van der Waals surface area contributed by atoms with Crippen LogP contribution in [-0.2, 0) is 19.0 Å². The van der Waals surface area contributed by atoms with Crippen LogP contribution in [0.4, 0.5) is 0 Å². The smallest absolute Gasteiger partial charge is 0.308 e. The van der Waals surface area contributed by atoms with Gasteiger partial charge < -0.3 is 19.3 Å². The van der Waals surface area contributed by atoms with E-state index in [1.807, 2.05) is 30.3 Å². The monoisotopic (exact) mass is 264 g/mol. The molecule has 2 aliphatic heterocycles. The van der Waals surface area contributed by atoms with Crippen LogP contribution in [0.5, 0.6) is 0 Å². The summed E-state index contributed by atoms with van der Waals surface area (Å²) < 4.78 is 16.3. The summed E-state index contributed by atoms with van der Waals surface area (Å²) in [6, 6.07) is 9.43. The van der Waals surface area contributed by atoms with Crippen molar-refractivity contribution in [1.82, 2.24) is 0 Å². The van der Waals surface area contributed by atoms with Crippen LogP contribution < -0.4 is 0 Å². The molecule has 1 aromatic carbocycles. The van der Waals surface area contributed by atoms with Crippen LogP contribution in [0.15, 0.2) is 30.3 Å². The van der Waals surface area contributed by atoms with E-state index in [1.54, 1.807) is 0 Å². The molecule has 0 unspecified atom stereocenters. The highest BCUT2D eigenvalue weighted by Crippen LogP contribution is 2.39. The number of hydrogen-bond acceptors (Lipinski definition) is 5. The lowest BCUT2D eigenvalue weighted by atomic mass is 9.96. The predicted octanol–water partition coefficient (Wildman–Crippen LogP) is 0.818. The van der Waals surface area contributed by atoms with E-state index in [1.165, 1.54) is 7.11 Å². The molecule has 2 heterocycles. The molecule has 2 saturated heterocycles. The predicted molar refractivity (Wildman–Crippen MR) is 65.4 cm³/mol. The molecule has 5 atom stereocenters. The second-order valence-electron chi connectivity index (χ2n) is 4.86. The highest BCUT2D eigenvalue weighted by molar-refractivity contribution is 5.71. The van der Waals surface area contributed by atoms with Crippen LogP contribution >= 0.6 is 0 Å². The fourth-order valence-corrected chi connectivity index (χ4v) is 2.75. The van der Waals surface area contributed by atoms with Gasteiger partial charge in [0.25, 0.3) is 0 Å². The molecule has 5 heteroatoms. The molecule has 0 amide bonds. The first-order valence-electron chi connectivity index (χ1n) is 6.31. The number of carbonyl (C=O) groups is 1. The lowest BCUT2D eigenvalue weighted by molar-refractivity contribution is -0.178. The Morgan fingerprint density at radius 1 is 1.26 bits per heavy atom. The SMILES string of the molecule is CO[C@@H]1CC(=O)O[C@H]2[C@H](O)[C@@H](c3ccccc3)O[C@H]21. The Balaban J connectivity index is 1.86. The van der Waals surface area contributed by atoms with Crippen LogP contribution in [0.1, 0.15) is 18.1 Å². The van der Waals surface area contributed by atoms with Gasteiger partial charge in [-0.15, -0.1) is 0 Å². The molecule has 2 aliphatic rings. The van der Waals surface area contributed by atoms with Gasteiger partial charge >= 0.3 is 5.97 Å². The Hall–Kier alpha value is -1.43. The van der Waals surface area contributed by atoms with E-state index in [0.29, 0.717) is 0 Å². The second kappa shape index (κ2) is 4.92. The van der Waals surface area contributed by atoms with Gasteiger partial charge in [0.05, 0.1) is 12.5 Å². The Bertz CT molecular complexity index is 460. The van der Waals surface area contributed by atoms with Gasteiger partial charge in [0.1, 0.15) is 18.3 Å². The van der Waals surface area contributed by atoms with Crippen molar-refractivity contribution in [2.45, 2.75) is 36.9 Å². The summed E-state index contributed by atoms with van der Waals surface area (Å²) >= 11 is 0. The fraction of sp³-hybridized carbons (Fsp3) is 0.500. The van der Waals surface area contributed by atoms with Crippen molar-refractivity contribution in [3.8, 4) is 0 Å². The van der Waals surface area contributed by atoms with E-state index in [0.717, 1.165) is 5.56 Å². The first kappa shape index (κ1) is 12.6. The molecule has 0 aromatic heterocycles. The Kier molecular flexibility index (Phi) is 3.26. The number of aliphatic hydroxyl groups is 1. The van der Waals surface area contributed by atoms with Gasteiger partial charge in [0, 0.05) is 7.11 Å². The lowest BCUT2D eigenvalue weighted by Gasteiger charge is -2.31. The summed E-state index contributed by atoms with van der Waals surface area (Å²) in [5.41, 5.74) is 0.871. The summed E-state index contributed by atoms with van der Waals surface area (Å²) in [5.74, 6) is -0.357. The van der Waals surface area contributed by atoms with Crippen LogP contribution in [-0.4, -0.2) is 42.6 Å². The third kappa shape index (κ3) is 2.14. The average molecular weight is 264 g/mol. The van der Waals surface area contributed by atoms with Crippen molar-refractivity contribution < 1.29 is 24.1 Å². The molecule has 0 bridgehead atoms. The van der Waals surface area contributed by atoms with Crippen LogP contribution in [0.3, 0.4) is 0 Å². The number of esters is 1. The number of benzene rings is 1. The molecular weight excluding hydrogens is 248 g/mol. The minimum absolute atomic E-state index is 0.159. The van der Waals surface area contributed by atoms with Gasteiger partial charge in [-0.25, -0.2) is 0 Å². The van der Waals surface area contributed by atoms with Crippen molar-refractivity contribution in [1.29, 1.82) is 0 Å².